The van der Waals surface area contributed by atoms with Gasteiger partial charge in [0.2, 0.25) is 0 Å². The molecule has 0 amide bonds. The van der Waals surface area contributed by atoms with Crippen LogP contribution in [-0.2, 0) is 0 Å². The Kier molecular flexibility index (Phi) is 6.07. The summed E-state index contributed by atoms with van der Waals surface area (Å²) in [5.41, 5.74) is -0.370. The number of ether oxygens (including phenoxy) is 1. The molecule has 5 nitrogen and oxygen atoms in total. The van der Waals surface area contributed by atoms with E-state index in [2.05, 4.69) is 4.74 Å². The molecule has 74 valence electrons. The second-order valence-corrected chi connectivity index (χ2v) is 2.52. The summed E-state index contributed by atoms with van der Waals surface area (Å²) >= 11 is 0. The van der Waals surface area contributed by atoms with Crippen LogP contribution >= 0.6 is 0 Å². The van der Waals surface area contributed by atoms with Crippen molar-refractivity contribution in [3.05, 3.63) is 23.3 Å². The molecular weight excluding hydrogens is 227 g/mol. The molecule has 0 spiro atoms. The molecule has 0 atom stereocenters. The first kappa shape index (κ1) is 14.6. The summed E-state index contributed by atoms with van der Waals surface area (Å²) in [5.74, 6) is -2.18. The molecule has 0 aliphatic carbocycles. The van der Waals surface area contributed by atoms with Gasteiger partial charge >= 0.3 is 51.4 Å². The Hall–Kier alpha value is -0.404. The maximum atomic E-state index is 10.5. The van der Waals surface area contributed by atoms with Crippen LogP contribution in [0.15, 0.2) is 12.1 Å². The van der Waals surface area contributed by atoms with E-state index in [0.29, 0.717) is 6.29 Å². The monoisotopic (exact) mass is 234 g/mol. The molecule has 1 aromatic rings. The summed E-state index contributed by atoms with van der Waals surface area (Å²) in [6.45, 7) is 0. The summed E-state index contributed by atoms with van der Waals surface area (Å²) in [6, 6.07) is 2.24. The van der Waals surface area contributed by atoms with Gasteiger partial charge in [0.05, 0.1) is 13.1 Å². The Labute approximate surface area is 128 Å². The number of methoxy groups -OCH3 is 1. The van der Waals surface area contributed by atoms with Crippen LogP contribution in [0, 0.1) is 0 Å². The van der Waals surface area contributed by atoms with Crippen molar-refractivity contribution in [3.63, 3.8) is 0 Å². The number of aromatic hydroxyl groups is 1. The van der Waals surface area contributed by atoms with Gasteiger partial charge in [-0.1, -0.05) is 0 Å². The van der Waals surface area contributed by atoms with Gasteiger partial charge in [-0.25, -0.2) is 0 Å². The van der Waals surface area contributed by atoms with Crippen LogP contribution in [0.5, 0.6) is 11.5 Å². The van der Waals surface area contributed by atoms with Gasteiger partial charge in [0, 0.05) is 11.1 Å². The first-order valence-corrected chi connectivity index (χ1v) is 3.67. The van der Waals surface area contributed by atoms with E-state index in [-0.39, 0.29) is 62.7 Å². The fourth-order valence-corrected chi connectivity index (χ4v) is 1.01. The summed E-state index contributed by atoms with van der Waals surface area (Å²) in [5, 5.41) is 19.8. The zero-order chi connectivity index (χ0) is 10.7. The van der Waals surface area contributed by atoms with Crippen LogP contribution in [0.2, 0.25) is 0 Å². The summed E-state index contributed by atoms with van der Waals surface area (Å²) in [4.78, 5) is 20.9. The van der Waals surface area contributed by atoms with Crippen LogP contribution in [0.25, 0.3) is 0 Å². The van der Waals surface area contributed by atoms with E-state index < -0.39 is 17.3 Å². The van der Waals surface area contributed by atoms with Crippen molar-refractivity contribution in [3.8, 4) is 11.5 Å². The van der Waals surface area contributed by atoms with Crippen molar-refractivity contribution in [2.24, 2.45) is 0 Å². The van der Waals surface area contributed by atoms with Crippen molar-refractivity contribution in [2.75, 3.05) is 7.11 Å². The van der Waals surface area contributed by atoms with Crippen LogP contribution in [0.3, 0.4) is 0 Å². The van der Waals surface area contributed by atoms with Crippen LogP contribution in [0.4, 0.5) is 0 Å². The number of aromatic carboxylic acids is 1. The fraction of sp³-hybridized carbons (Fsp3) is 0.111. The van der Waals surface area contributed by atoms with Crippen molar-refractivity contribution in [2.45, 2.75) is 0 Å². The quantitative estimate of drug-likeness (QED) is 0.435. The molecule has 1 rings (SSSR count). The van der Waals surface area contributed by atoms with Gasteiger partial charge in [0.25, 0.3) is 0 Å². The smallest absolute Gasteiger partial charge is 0.545 e. The molecule has 15 heavy (non-hydrogen) atoms. The third-order valence-corrected chi connectivity index (χ3v) is 1.67. The predicted octanol–water partition coefficient (Wildman–Crippen LogP) is -3.42. The standard InChI is InChI=1S/C9H8O5.K/c1-14-7-3-5(4-10)2-6(8(7)11)9(12)13;/h2-4,11H,1H3,(H,12,13);/q;+1/p-1. The molecule has 1 N–H and O–H groups in total. The minimum atomic E-state index is -1.57. The number of benzene rings is 1. The molecule has 0 saturated carbocycles. The van der Waals surface area contributed by atoms with E-state index in [1.165, 1.54) is 13.2 Å². The average molecular weight is 234 g/mol. The first-order valence-electron chi connectivity index (χ1n) is 3.67. The van der Waals surface area contributed by atoms with Crippen LogP contribution in [0.1, 0.15) is 20.7 Å². The van der Waals surface area contributed by atoms with Crippen LogP contribution in [-0.4, -0.2) is 24.5 Å². The Morgan fingerprint density at radius 1 is 1.53 bits per heavy atom. The van der Waals surface area contributed by atoms with Crippen molar-refractivity contribution in [1.29, 1.82) is 0 Å². The molecular formula is C9H7KO5. The number of aldehydes is 1. The SMILES string of the molecule is COc1cc(C=O)cc(C(=O)[O-])c1O.[K+]. The molecule has 0 aliphatic rings. The number of carboxylic acids is 1. The molecule has 0 radical (unpaired) electrons. The topological polar surface area (TPSA) is 86.7 Å². The molecule has 0 saturated heterocycles. The van der Waals surface area contributed by atoms with Gasteiger partial charge in [0.15, 0.2) is 11.5 Å². The molecule has 0 bridgehead atoms. The largest absolute Gasteiger partial charge is 1.00 e. The van der Waals surface area contributed by atoms with Crippen LogP contribution < -0.4 is 61.2 Å². The molecule has 1 aromatic carbocycles. The average Bonchev–Trinajstić information content (AvgIpc) is 2.17. The Morgan fingerprint density at radius 3 is 2.53 bits per heavy atom. The molecule has 0 unspecified atom stereocenters. The number of carbonyl (C=O) groups is 2. The van der Waals surface area contributed by atoms with Crippen molar-refractivity contribution in [1.82, 2.24) is 0 Å². The Morgan fingerprint density at radius 2 is 2.13 bits per heavy atom. The minimum Gasteiger partial charge on any atom is -0.545 e. The maximum Gasteiger partial charge on any atom is 1.00 e. The van der Waals surface area contributed by atoms with Gasteiger partial charge in [-0.3, -0.25) is 4.79 Å². The summed E-state index contributed by atoms with van der Waals surface area (Å²) in [7, 11) is 1.25. The Bertz CT molecular complexity index is 388. The fourth-order valence-electron chi connectivity index (χ4n) is 1.01. The number of hydrogen-bond acceptors (Lipinski definition) is 5. The van der Waals surface area contributed by atoms with E-state index >= 15 is 0 Å². The van der Waals surface area contributed by atoms with E-state index in [0.717, 1.165) is 6.07 Å². The number of carboxylic acid groups (broad SMARTS) is 1. The second kappa shape index (κ2) is 6.24. The van der Waals surface area contributed by atoms with E-state index in [1.54, 1.807) is 0 Å². The normalized spacial score (nSPS) is 8.87. The predicted molar refractivity (Wildman–Crippen MR) is 44.4 cm³/mol. The number of carbonyl (C=O) groups excluding carboxylic acids is 2. The molecule has 0 aliphatic heterocycles. The molecule has 0 heterocycles. The zero-order valence-electron chi connectivity index (χ0n) is 8.31. The Balaban J connectivity index is 0.00000196. The van der Waals surface area contributed by atoms with Crippen molar-refractivity contribution < 1.29 is 75.9 Å². The van der Waals surface area contributed by atoms with E-state index in [4.69, 9.17) is 0 Å². The van der Waals surface area contributed by atoms with Gasteiger partial charge < -0.3 is 19.7 Å². The van der Waals surface area contributed by atoms with Gasteiger partial charge in [-0.2, -0.15) is 0 Å². The number of rotatable bonds is 3. The van der Waals surface area contributed by atoms with Gasteiger partial charge in [-0.15, -0.1) is 0 Å². The summed E-state index contributed by atoms with van der Waals surface area (Å²) in [6.07, 6.45) is 0.453. The summed E-state index contributed by atoms with van der Waals surface area (Å²) < 4.78 is 4.68. The van der Waals surface area contributed by atoms with Gasteiger partial charge in [0.1, 0.15) is 6.29 Å². The van der Waals surface area contributed by atoms with E-state index in [9.17, 15) is 19.8 Å². The van der Waals surface area contributed by atoms with E-state index in [1.807, 2.05) is 0 Å². The van der Waals surface area contributed by atoms with Gasteiger partial charge in [-0.05, 0) is 12.1 Å². The molecule has 0 aromatic heterocycles. The first-order chi connectivity index (χ1) is 6.60. The second-order valence-electron chi connectivity index (χ2n) is 2.52. The maximum absolute atomic E-state index is 10.5. The zero-order valence-corrected chi connectivity index (χ0v) is 11.4. The third-order valence-electron chi connectivity index (χ3n) is 1.67. The molecule has 0 fully saturated rings. The van der Waals surface area contributed by atoms with Crippen molar-refractivity contribution >= 4 is 12.3 Å². The third kappa shape index (κ3) is 3.28. The minimum absolute atomic E-state index is 0. The number of hydrogen-bond donors (Lipinski definition) is 1. The number of phenols is 1. The molecule has 6 heteroatoms.